The summed E-state index contributed by atoms with van der Waals surface area (Å²) in [5, 5.41) is 0. The van der Waals surface area contributed by atoms with Crippen molar-refractivity contribution in [2.24, 2.45) is 11.1 Å². The Kier molecular flexibility index (Phi) is 6.60. The van der Waals surface area contributed by atoms with E-state index in [2.05, 4.69) is 9.64 Å². The molecule has 0 aromatic heterocycles. The number of rotatable bonds is 10. The van der Waals surface area contributed by atoms with Crippen LogP contribution < -0.4 is 5.73 Å². The lowest BCUT2D eigenvalue weighted by atomic mass is 10.0. The van der Waals surface area contributed by atoms with Gasteiger partial charge in [0.15, 0.2) is 0 Å². The Hall–Kier alpha value is -0.650. The van der Waals surface area contributed by atoms with Gasteiger partial charge < -0.3 is 15.2 Å². The van der Waals surface area contributed by atoms with Crippen molar-refractivity contribution in [1.29, 1.82) is 0 Å². The maximum Gasteiger partial charge on any atom is 0.306 e. The van der Waals surface area contributed by atoms with E-state index >= 15 is 0 Å². The van der Waals surface area contributed by atoms with Crippen LogP contribution >= 0.6 is 0 Å². The van der Waals surface area contributed by atoms with Gasteiger partial charge in [-0.05, 0) is 31.2 Å². The van der Waals surface area contributed by atoms with Gasteiger partial charge in [-0.1, -0.05) is 0 Å². The van der Waals surface area contributed by atoms with Crippen LogP contribution in [0.2, 0.25) is 0 Å². The highest BCUT2D eigenvalue weighted by atomic mass is 16.5. The lowest BCUT2D eigenvalue weighted by Crippen LogP contribution is -2.35. The largest absolute Gasteiger partial charge is 0.469 e. The zero-order chi connectivity index (χ0) is 13.4. The third-order valence-electron chi connectivity index (χ3n) is 3.66. The Morgan fingerprint density at radius 1 is 1.33 bits per heavy atom. The molecule has 0 spiro atoms. The Labute approximate surface area is 110 Å². The number of hydrogen-bond acceptors (Lipinski definition) is 5. The normalized spacial score (nSPS) is 16.9. The van der Waals surface area contributed by atoms with E-state index in [0.29, 0.717) is 18.4 Å². The molecule has 5 nitrogen and oxygen atoms in total. The Balaban J connectivity index is 2.37. The molecule has 0 amide bonds. The van der Waals surface area contributed by atoms with Gasteiger partial charge >= 0.3 is 5.97 Å². The molecule has 0 radical (unpaired) electrons. The predicted octanol–water partition coefficient (Wildman–Crippen LogP) is 0.627. The molecule has 2 N–H and O–H groups in total. The van der Waals surface area contributed by atoms with Crippen molar-refractivity contribution >= 4 is 5.97 Å². The molecule has 1 aliphatic rings. The zero-order valence-electron chi connectivity index (χ0n) is 11.6. The maximum absolute atomic E-state index is 11.2. The van der Waals surface area contributed by atoms with Crippen LogP contribution in [0.15, 0.2) is 0 Å². The monoisotopic (exact) mass is 258 g/mol. The van der Waals surface area contributed by atoms with Crippen molar-refractivity contribution < 1.29 is 14.3 Å². The van der Waals surface area contributed by atoms with Gasteiger partial charge in [0.1, 0.15) is 0 Å². The first kappa shape index (κ1) is 15.4. The van der Waals surface area contributed by atoms with Gasteiger partial charge in [-0.3, -0.25) is 9.69 Å². The summed E-state index contributed by atoms with van der Waals surface area (Å²) in [6.07, 6.45) is 4.03. The second-order valence-electron chi connectivity index (χ2n) is 5.13. The van der Waals surface area contributed by atoms with Crippen LogP contribution in [-0.2, 0) is 14.3 Å². The van der Waals surface area contributed by atoms with Gasteiger partial charge in [0.05, 0.1) is 20.1 Å². The number of esters is 1. The summed E-state index contributed by atoms with van der Waals surface area (Å²) in [5.41, 5.74) is 6.06. The van der Waals surface area contributed by atoms with Crippen molar-refractivity contribution in [3.63, 3.8) is 0 Å². The molecule has 0 saturated heterocycles. The second-order valence-corrected chi connectivity index (χ2v) is 5.13. The first-order valence-corrected chi connectivity index (χ1v) is 6.64. The standard InChI is InChI=1S/C13H26N2O3/c1-17-10-9-15(8-3-12(16)18-2)11-13(4-5-13)6-7-14/h3-11,14H2,1-2H3. The molecule has 0 heterocycles. The van der Waals surface area contributed by atoms with Crippen molar-refractivity contribution in [3.05, 3.63) is 0 Å². The number of carbonyl (C=O) groups is 1. The van der Waals surface area contributed by atoms with Crippen LogP contribution in [0.1, 0.15) is 25.7 Å². The number of nitrogens with zero attached hydrogens (tertiary/aromatic N) is 1. The Morgan fingerprint density at radius 2 is 2.06 bits per heavy atom. The van der Waals surface area contributed by atoms with Crippen molar-refractivity contribution in [2.45, 2.75) is 25.7 Å². The van der Waals surface area contributed by atoms with Gasteiger partial charge in [-0.15, -0.1) is 0 Å². The summed E-state index contributed by atoms with van der Waals surface area (Å²) in [5.74, 6) is -0.152. The molecule has 1 aliphatic carbocycles. The maximum atomic E-state index is 11.2. The molecular weight excluding hydrogens is 232 g/mol. The predicted molar refractivity (Wildman–Crippen MR) is 70.3 cm³/mol. The van der Waals surface area contributed by atoms with Crippen molar-refractivity contribution in [3.8, 4) is 0 Å². The number of nitrogens with two attached hydrogens (primary N) is 1. The highest BCUT2D eigenvalue weighted by Crippen LogP contribution is 2.48. The SMILES string of the molecule is COCCN(CCC(=O)OC)CC1(CCN)CC1. The summed E-state index contributed by atoms with van der Waals surface area (Å²) in [4.78, 5) is 13.5. The van der Waals surface area contributed by atoms with Crippen LogP contribution in [0, 0.1) is 5.41 Å². The molecule has 0 aromatic carbocycles. The summed E-state index contributed by atoms with van der Waals surface area (Å²) in [7, 11) is 3.13. The lowest BCUT2D eigenvalue weighted by Gasteiger charge is -2.26. The molecule has 0 atom stereocenters. The van der Waals surface area contributed by atoms with E-state index in [9.17, 15) is 4.79 Å². The Bertz CT molecular complexity index is 255. The summed E-state index contributed by atoms with van der Waals surface area (Å²) >= 11 is 0. The van der Waals surface area contributed by atoms with Crippen LogP contribution in [0.4, 0.5) is 0 Å². The molecule has 5 heteroatoms. The molecule has 0 unspecified atom stereocenters. The van der Waals surface area contributed by atoms with Gasteiger partial charge in [0.25, 0.3) is 0 Å². The van der Waals surface area contributed by atoms with Gasteiger partial charge in [-0.2, -0.15) is 0 Å². The quantitative estimate of drug-likeness (QED) is 0.582. The van der Waals surface area contributed by atoms with Crippen LogP contribution in [0.25, 0.3) is 0 Å². The van der Waals surface area contributed by atoms with E-state index in [1.165, 1.54) is 20.0 Å². The average molecular weight is 258 g/mol. The zero-order valence-corrected chi connectivity index (χ0v) is 11.6. The van der Waals surface area contributed by atoms with Crippen molar-refractivity contribution in [1.82, 2.24) is 4.90 Å². The molecule has 0 aromatic rings. The minimum atomic E-state index is -0.152. The summed E-state index contributed by atoms with van der Waals surface area (Å²) < 4.78 is 9.80. The van der Waals surface area contributed by atoms with Crippen molar-refractivity contribution in [2.75, 3.05) is 47.0 Å². The van der Waals surface area contributed by atoms with Gasteiger partial charge in [-0.25, -0.2) is 0 Å². The van der Waals surface area contributed by atoms with Crippen LogP contribution in [-0.4, -0.2) is 57.9 Å². The smallest absolute Gasteiger partial charge is 0.306 e. The van der Waals surface area contributed by atoms with E-state index in [0.717, 1.165) is 32.6 Å². The second kappa shape index (κ2) is 7.71. The number of carbonyl (C=O) groups excluding carboxylic acids is 1. The van der Waals surface area contributed by atoms with E-state index in [4.69, 9.17) is 10.5 Å². The topological polar surface area (TPSA) is 64.8 Å². The van der Waals surface area contributed by atoms with E-state index in [1.807, 2.05) is 0 Å². The fourth-order valence-corrected chi connectivity index (χ4v) is 2.29. The van der Waals surface area contributed by atoms with Crippen LogP contribution in [0.3, 0.4) is 0 Å². The fourth-order valence-electron chi connectivity index (χ4n) is 2.29. The summed E-state index contributed by atoms with van der Waals surface area (Å²) in [6, 6.07) is 0. The van der Waals surface area contributed by atoms with E-state index in [-0.39, 0.29) is 5.97 Å². The first-order valence-electron chi connectivity index (χ1n) is 6.64. The first-order chi connectivity index (χ1) is 8.65. The van der Waals surface area contributed by atoms with E-state index < -0.39 is 0 Å². The third kappa shape index (κ3) is 5.33. The highest BCUT2D eigenvalue weighted by molar-refractivity contribution is 5.69. The minimum Gasteiger partial charge on any atom is -0.469 e. The molecule has 1 fully saturated rings. The molecule has 1 rings (SSSR count). The molecular formula is C13H26N2O3. The van der Waals surface area contributed by atoms with Gasteiger partial charge in [0, 0.05) is 26.7 Å². The molecule has 0 aliphatic heterocycles. The third-order valence-corrected chi connectivity index (χ3v) is 3.66. The number of ether oxygens (including phenoxy) is 2. The molecule has 106 valence electrons. The fraction of sp³-hybridized carbons (Fsp3) is 0.923. The number of hydrogen-bond donors (Lipinski definition) is 1. The van der Waals surface area contributed by atoms with Crippen LogP contribution in [0.5, 0.6) is 0 Å². The molecule has 18 heavy (non-hydrogen) atoms. The average Bonchev–Trinajstić information content (AvgIpc) is 3.12. The molecule has 0 bridgehead atoms. The van der Waals surface area contributed by atoms with Gasteiger partial charge in [0.2, 0.25) is 0 Å². The minimum absolute atomic E-state index is 0.152. The lowest BCUT2D eigenvalue weighted by molar-refractivity contribution is -0.141. The molecule has 1 saturated carbocycles. The summed E-state index contributed by atoms with van der Waals surface area (Å²) in [6.45, 7) is 4.06. The number of methoxy groups -OCH3 is 2. The Morgan fingerprint density at radius 3 is 2.56 bits per heavy atom. The highest BCUT2D eigenvalue weighted by Gasteiger charge is 2.42. The van der Waals surface area contributed by atoms with E-state index in [1.54, 1.807) is 7.11 Å².